The zero-order valence-electron chi connectivity index (χ0n) is 44.8. The van der Waals surface area contributed by atoms with Gasteiger partial charge in [-0.25, -0.2) is 10.2 Å². The number of aromatic nitrogens is 2. The number of carbonyl (C=O) groups excluding carboxylic acids is 5. The molecule has 1 unspecified atom stereocenters. The third-order valence-corrected chi connectivity index (χ3v) is 16.5. The van der Waals surface area contributed by atoms with E-state index in [0.29, 0.717) is 83.5 Å². The molecule has 9 rings (SSSR count). The number of carbonyl (C=O) groups is 5. The molecule has 0 radical (unpaired) electrons. The van der Waals surface area contributed by atoms with Crippen LogP contribution in [-0.4, -0.2) is 155 Å². The number of cyclic esters (lactones) is 1. The van der Waals surface area contributed by atoms with Crippen LogP contribution in [0.1, 0.15) is 109 Å². The molecule has 5 aliphatic heterocycles. The number of aryl methyl sites for hydroxylation is 1. The molecule has 2 aromatic heterocycles. The summed E-state index contributed by atoms with van der Waals surface area (Å²) in [7, 11) is 3.38. The number of hydrazine groups is 1. The molecule has 5 amide bonds. The first kappa shape index (κ1) is 53.0. The van der Waals surface area contributed by atoms with Gasteiger partial charge in [-0.15, -0.1) is 0 Å². The average molecular weight is 1020 g/mol. The van der Waals surface area contributed by atoms with Gasteiger partial charge in [0.1, 0.15) is 18.8 Å². The molecule has 5 atom stereocenters. The van der Waals surface area contributed by atoms with Gasteiger partial charge in [-0.3, -0.25) is 34.1 Å². The number of benzene rings is 1. The summed E-state index contributed by atoms with van der Waals surface area (Å²) in [5, 5.41) is 5.97. The van der Waals surface area contributed by atoms with Gasteiger partial charge in [0.15, 0.2) is 0 Å². The van der Waals surface area contributed by atoms with E-state index in [-0.39, 0.29) is 55.5 Å². The standard InChI is InChI=1S/C57H77N9O8/c1-10-47(67)64-34-57(74-36-64)22-27-63(28-23-57)54(71)61(8)49(37(3)4)51(68)59-41-20-21-56(30-41)33-62-25-13-15-40(32-62)39-18-19-46-43(29-39)44(50(65(46)11-2)42-16-12-24-58-48(42)38(5)72-9)31-55(6,7)35-73-52(69)45-17-14-26-66(60-45)53(56)70/h10,12,15-16,18-20,24,29,37-38,45,49,60H,1,11,13-14,17,21-23,25-28,30-36H2,2-9H3,(H,59,68)/t38-,45-,49-,56+/m0/s1. The van der Waals surface area contributed by atoms with Crippen molar-refractivity contribution in [3.63, 3.8) is 0 Å². The largest absolute Gasteiger partial charge is 0.464 e. The predicted molar refractivity (Wildman–Crippen MR) is 283 cm³/mol. The third-order valence-electron chi connectivity index (χ3n) is 16.5. The number of nitrogens with one attached hydrogen (secondary N) is 2. The summed E-state index contributed by atoms with van der Waals surface area (Å²) >= 11 is 0. The second-order valence-corrected chi connectivity index (χ2v) is 22.7. The molecule has 1 aliphatic carbocycles. The molecule has 0 saturated carbocycles. The van der Waals surface area contributed by atoms with Gasteiger partial charge in [0.25, 0.3) is 0 Å². The minimum absolute atomic E-state index is 0.121. The minimum atomic E-state index is -0.963. The van der Waals surface area contributed by atoms with E-state index in [0.717, 1.165) is 52.9 Å². The molecule has 3 aromatic rings. The van der Waals surface area contributed by atoms with Crippen molar-refractivity contribution in [2.24, 2.45) is 16.7 Å². The molecule has 398 valence electrons. The fourth-order valence-corrected chi connectivity index (χ4v) is 12.5. The summed E-state index contributed by atoms with van der Waals surface area (Å²) < 4.78 is 20.6. The number of likely N-dealkylation sites (tertiary alicyclic amines) is 1. The Labute approximate surface area is 436 Å². The summed E-state index contributed by atoms with van der Waals surface area (Å²) in [6.45, 7) is 20.6. The molecule has 6 aliphatic rings. The van der Waals surface area contributed by atoms with E-state index in [2.05, 4.69) is 77.9 Å². The number of allylic oxidation sites excluding steroid dienone is 2. The molecule has 2 N–H and O–H groups in total. The molecular formula is C57H77N9O8. The monoisotopic (exact) mass is 1020 g/mol. The first-order chi connectivity index (χ1) is 35.4. The zero-order chi connectivity index (χ0) is 52.7. The molecule has 17 nitrogen and oxygen atoms in total. The van der Waals surface area contributed by atoms with Crippen LogP contribution in [0.3, 0.4) is 0 Å². The van der Waals surface area contributed by atoms with Crippen LogP contribution in [-0.2, 0) is 46.4 Å². The Morgan fingerprint density at radius 2 is 1.82 bits per heavy atom. The number of rotatable bonds is 9. The van der Waals surface area contributed by atoms with Gasteiger partial charge < -0.3 is 38.8 Å². The van der Waals surface area contributed by atoms with E-state index in [1.54, 1.807) is 29.0 Å². The quantitative estimate of drug-likeness (QED) is 0.170. The van der Waals surface area contributed by atoms with Crippen LogP contribution in [0.15, 0.2) is 67.0 Å². The van der Waals surface area contributed by atoms with Crippen molar-refractivity contribution in [1.82, 2.24) is 44.9 Å². The molecule has 6 bridgehead atoms. The topological polar surface area (TPSA) is 171 Å². The number of esters is 1. The van der Waals surface area contributed by atoms with Crippen LogP contribution in [0.25, 0.3) is 27.7 Å². The van der Waals surface area contributed by atoms with Gasteiger partial charge in [-0.1, -0.05) is 52.5 Å². The Morgan fingerprint density at radius 3 is 2.55 bits per heavy atom. The Hall–Kier alpha value is -5.88. The van der Waals surface area contributed by atoms with E-state index in [4.69, 9.17) is 19.2 Å². The van der Waals surface area contributed by atoms with Crippen LogP contribution in [0.5, 0.6) is 0 Å². The number of fused-ring (bicyclic) bond motifs is 6. The van der Waals surface area contributed by atoms with Crippen LogP contribution >= 0.6 is 0 Å². The van der Waals surface area contributed by atoms with E-state index in [1.807, 2.05) is 39.1 Å². The molecule has 3 saturated heterocycles. The first-order valence-electron chi connectivity index (χ1n) is 26.8. The third kappa shape index (κ3) is 10.4. The SMILES string of the molecule is C=CC(=O)N1COC2(CCN(C(=O)N(C)[C@H](C(=O)NC3=CC[C@@]4(C3)CN3CCC=C(C3)c3ccc5c(c3)c(c(-c3cccnc3[C@H](C)OC)n5CC)CC(C)(C)COC(=O)[C@@H]3CCCN(N3)C4=O)C(C)C)CC2)C1. The lowest BCUT2D eigenvalue weighted by Crippen LogP contribution is -2.60. The van der Waals surface area contributed by atoms with E-state index >= 15 is 4.79 Å². The van der Waals surface area contributed by atoms with Gasteiger partial charge >= 0.3 is 12.0 Å². The van der Waals surface area contributed by atoms with Gasteiger partial charge in [-0.05, 0) is 112 Å². The van der Waals surface area contributed by atoms with Crippen molar-refractivity contribution >= 4 is 46.2 Å². The summed E-state index contributed by atoms with van der Waals surface area (Å²) in [6, 6.07) is 9.13. The number of ether oxygens (including phenoxy) is 3. The highest BCUT2D eigenvalue weighted by Crippen LogP contribution is 2.44. The van der Waals surface area contributed by atoms with Crippen LogP contribution in [0.2, 0.25) is 0 Å². The number of urea groups is 1. The molecule has 3 fully saturated rings. The number of methoxy groups -OCH3 is 1. The maximum Gasteiger partial charge on any atom is 0.324 e. The number of nitrogens with zero attached hydrogens (tertiary/aromatic N) is 7. The molecule has 17 heteroatoms. The molecule has 7 heterocycles. The second-order valence-electron chi connectivity index (χ2n) is 22.7. The van der Waals surface area contributed by atoms with Crippen molar-refractivity contribution in [2.75, 3.05) is 73.3 Å². The first-order valence-corrected chi connectivity index (χ1v) is 26.8. The average Bonchev–Trinajstić information content (AvgIpc) is 4.11. The highest BCUT2D eigenvalue weighted by Gasteiger charge is 2.49. The summed E-state index contributed by atoms with van der Waals surface area (Å²) in [5.41, 5.74) is 9.56. The van der Waals surface area contributed by atoms with Crippen LogP contribution < -0.4 is 10.7 Å². The predicted octanol–water partition coefficient (Wildman–Crippen LogP) is 6.83. The van der Waals surface area contributed by atoms with Gasteiger partial charge in [0.05, 0.1) is 41.7 Å². The normalized spacial score (nSPS) is 24.9. The Morgan fingerprint density at radius 1 is 1.04 bits per heavy atom. The fourth-order valence-electron chi connectivity index (χ4n) is 12.5. The zero-order valence-corrected chi connectivity index (χ0v) is 44.8. The Balaban J connectivity index is 0.984. The van der Waals surface area contributed by atoms with Gasteiger partial charge in [0.2, 0.25) is 17.7 Å². The van der Waals surface area contributed by atoms with Crippen LogP contribution in [0, 0.1) is 16.7 Å². The van der Waals surface area contributed by atoms with Crippen molar-refractivity contribution in [2.45, 2.75) is 123 Å². The Bertz CT molecular complexity index is 2740. The maximum atomic E-state index is 15.3. The number of pyridine rings is 1. The lowest BCUT2D eigenvalue weighted by Gasteiger charge is -2.42. The van der Waals surface area contributed by atoms with Crippen LogP contribution in [0.4, 0.5) is 4.79 Å². The molecule has 2 spiro atoms. The van der Waals surface area contributed by atoms with Crippen molar-refractivity contribution in [1.29, 1.82) is 0 Å². The lowest BCUT2D eigenvalue weighted by molar-refractivity contribution is -0.158. The number of piperidine rings is 1. The molecular weight excluding hydrogens is 939 g/mol. The van der Waals surface area contributed by atoms with Crippen molar-refractivity contribution < 1.29 is 38.2 Å². The Kier molecular flexibility index (Phi) is 15.3. The minimum Gasteiger partial charge on any atom is -0.464 e. The highest BCUT2D eigenvalue weighted by molar-refractivity contribution is 5.95. The van der Waals surface area contributed by atoms with Gasteiger partial charge in [-0.2, -0.15) is 0 Å². The lowest BCUT2D eigenvalue weighted by atomic mass is 9.81. The van der Waals surface area contributed by atoms with Gasteiger partial charge in [0, 0.05) is 100 Å². The van der Waals surface area contributed by atoms with Crippen molar-refractivity contribution in [3.05, 3.63) is 83.9 Å². The second kappa shape index (κ2) is 21.4. The van der Waals surface area contributed by atoms with E-state index in [9.17, 15) is 19.2 Å². The molecule has 1 aromatic carbocycles. The maximum absolute atomic E-state index is 15.3. The summed E-state index contributed by atoms with van der Waals surface area (Å²) in [6.07, 6.45) is 11.5. The fraction of sp³-hybridized carbons (Fsp3) is 0.579. The summed E-state index contributed by atoms with van der Waals surface area (Å²) in [5.74, 6) is -1.23. The molecule has 74 heavy (non-hydrogen) atoms. The van der Waals surface area contributed by atoms with Crippen molar-refractivity contribution in [3.8, 4) is 11.3 Å². The summed E-state index contributed by atoms with van der Waals surface area (Å²) in [4.78, 5) is 82.4. The smallest absolute Gasteiger partial charge is 0.324 e. The van der Waals surface area contributed by atoms with E-state index in [1.165, 1.54) is 22.1 Å². The van der Waals surface area contributed by atoms with E-state index < -0.39 is 34.5 Å². The number of likely N-dealkylation sites (N-methyl/N-ethyl adjacent to an activating group) is 1. The highest BCUT2D eigenvalue weighted by atomic mass is 16.5. The number of amides is 5. The number of hydrogen-bond donors (Lipinski definition) is 2. The number of hydrogen-bond acceptors (Lipinski definition) is 11.